The van der Waals surface area contributed by atoms with E-state index in [4.69, 9.17) is 5.11 Å². The number of aliphatic hydroxyl groups excluding tert-OH is 1. The smallest absolute Gasteiger partial charge is 0.262 e. The highest BCUT2D eigenvalue weighted by atomic mass is 32.2. The highest BCUT2D eigenvalue weighted by Crippen LogP contribution is 2.19. The number of nitrogens with one attached hydrogen (secondary N) is 1. The molecule has 0 fully saturated rings. The van der Waals surface area contributed by atoms with Gasteiger partial charge in [-0.05, 0) is 36.8 Å². The second kappa shape index (κ2) is 8.79. The first-order valence-corrected chi connectivity index (χ1v) is 9.35. The summed E-state index contributed by atoms with van der Waals surface area (Å²) in [5, 5.41) is 12.6. The Morgan fingerprint density at radius 2 is 2.04 bits per heavy atom. The largest absolute Gasteiger partial charge is 0.396 e. The molecule has 8 heteroatoms. The van der Waals surface area contributed by atoms with E-state index >= 15 is 0 Å². The number of carbonyl (C=O) groups excluding carboxylic acids is 1. The van der Waals surface area contributed by atoms with Crippen LogP contribution >= 0.6 is 11.8 Å². The fraction of sp³-hybridized carbons (Fsp3) is 0.211. The average Bonchev–Trinajstić information content (AvgIpc) is 2.66. The molecule has 0 saturated carbocycles. The van der Waals surface area contributed by atoms with E-state index in [0.717, 1.165) is 11.8 Å². The summed E-state index contributed by atoms with van der Waals surface area (Å²) in [6, 6.07) is 12.6. The van der Waals surface area contributed by atoms with Crippen LogP contribution in [-0.2, 0) is 11.3 Å². The van der Waals surface area contributed by atoms with Crippen LogP contribution in [0.3, 0.4) is 0 Å². The van der Waals surface area contributed by atoms with Gasteiger partial charge in [-0.15, -0.1) is 0 Å². The van der Waals surface area contributed by atoms with Crippen LogP contribution in [0.1, 0.15) is 6.42 Å². The lowest BCUT2D eigenvalue weighted by molar-refractivity contribution is -0.113. The Labute approximate surface area is 159 Å². The molecule has 2 N–H and O–H groups in total. The highest BCUT2D eigenvalue weighted by molar-refractivity contribution is 7.99. The van der Waals surface area contributed by atoms with Crippen LogP contribution in [-0.4, -0.2) is 32.9 Å². The summed E-state index contributed by atoms with van der Waals surface area (Å²) >= 11 is 1.12. The molecule has 1 amide bonds. The minimum absolute atomic E-state index is 0.0143. The van der Waals surface area contributed by atoms with Crippen LogP contribution in [0.25, 0.3) is 10.9 Å². The molecule has 0 aliphatic rings. The minimum Gasteiger partial charge on any atom is -0.396 e. The van der Waals surface area contributed by atoms with Crippen molar-refractivity contribution < 1.29 is 14.3 Å². The number of halogens is 1. The number of rotatable bonds is 7. The molecule has 0 unspecified atom stereocenters. The minimum atomic E-state index is -0.436. The Kier molecular flexibility index (Phi) is 6.20. The number of benzene rings is 2. The van der Waals surface area contributed by atoms with Gasteiger partial charge in [-0.25, -0.2) is 9.37 Å². The van der Waals surface area contributed by atoms with Crippen LogP contribution in [0.4, 0.5) is 10.1 Å². The number of aliphatic hydroxyl groups is 1. The molecule has 0 atom stereocenters. The first-order chi connectivity index (χ1) is 13.1. The summed E-state index contributed by atoms with van der Waals surface area (Å²) in [5.41, 5.74) is 0.711. The predicted molar refractivity (Wildman–Crippen MR) is 103 cm³/mol. The van der Waals surface area contributed by atoms with Gasteiger partial charge in [0, 0.05) is 18.8 Å². The molecule has 140 valence electrons. The standard InChI is InChI=1S/C19H18FN3O3S/c20-13-5-3-6-14(11-13)21-17(25)12-27-19-22-16-8-2-1-7-15(16)18(26)23(19)9-4-10-24/h1-3,5-8,11,24H,4,9-10,12H2,(H,21,25). The maximum absolute atomic E-state index is 13.2. The predicted octanol–water partition coefficient (Wildman–Crippen LogP) is 2.65. The fourth-order valence-corrected chi connectivity index (χ4v) is 3.40. The van der Waals surface area contributed by atoms with Gasteiger partial charge in [0.1, 0.15) is 5.82 Å². The van der Waals surface area contributed by atoms with E-state index in [-0.39, 0.29) is 23.8 Å². The van der Waals surface area contributed by atoms with Crippen molar-refractivity contribution in [3.8, 4) is 0 Å². The van der Waals surface area contributed by atoms with Gasteiger partial charge in [0.2, 0.25) is 5.91 Å². The van der Waals surface area contributed by atoms with E-state index in [0.29, 0.717) is 34.7 Å². The molecule has 1 aromatic heterocycles. The average molecular weight is 387 g/mol. The summed E-state index contributed by atoms with van der Waals surface area (Å²) in [4.78, 5) is 29.4. The highest BCUT2D eigenvalue weighted by Gasteiger charge is 2.13. The number of anilines is 1. The maximum Gasteiger partial charge on any atom is 0.262 e. The van der Waals surface area contributed by atoms with Gasteiger partial charge in [-0.1, -0.05) is 30.0 Å². The Morgan fingerprint density at radius 3 is 2.81 bits per heavy atom. The normalized spacial score (nSPS) is 10.9. The van der Waals surface area contributed by atoms with Gasteiger partial charge < -0.3 is 10.4 Å². The van der Waals surface area contributed by atoms with Crippen molar-refractivity contribution in [1.82, 2.24) is 9.55 Å². The Morgan fingerprint density at radius 1 is 1.22 bits per heavy atom. The number of nitrogens with zero attached hydrogens (tertiary/aromatic N) is 2. The molecule has 6 nitrogen and oxygen atoms in total. The van der Waals surface area contributed by atoms with Gasteiger partial charge in [0.15, 0.2) is 5.16 Å². The third-order valence-corrected chi connectivity index (χ3v) is 4.78. The van der Waals surface area contributed by atoms with E-state index in [1.807, 2.05) is 0 Å². The van der Waals surface area contributed by atoms with Crippen molar-refractivity contribution in [2.45, 2.75) is 18.1 Å². The van der Waals surface area contributed by atoms with Gasteiger partial charge in [-0.3, -0.25) is 14.2 Å². The number of carbonyl (C=O) groups is 1. The zero-order valence-corrected chi connectivity index (χ0v) is 15.2. The lowest BCUT2D eigenvalue weighted by atomic mass is 10.2. The molecular weight excluding hydrogens is 369 g/mol. The summed E-state index contributed by atoms with van der Waals surface area (Å²) in [6.07, 6.45) is 0.406. The lowest BCUT2D eigenvalue weighted by Gasteiger charge is -2.12. The third-order valence-electron chi connectivity index (χ3n) is 3.81. The number of amides is 1. The second-order valence-electron chi connectivity index (χ2n) is 5.79. The molecular formula is C19H18FN3O3S. The molecule has 2 aromatic carbocycles. The molecule has 3 aromatic rings. The third kappa shape index (κ3) is 4.72. The number of thioether (sulfide) groups is 1. The number of hydrogen-bond acceptors (Lipinski definition) is 5. The quantitative estimate of drug-likeness (QED) is 0.481. The van der Waals surface area contributed by atoms with Crippen molar-refractivity contribution in [3.05, 3.63) is 64.7 Å². The number of para-hydroxylation sites is 1. The molecule has 0 aliphatic carbocycles. The van der Waals surface area contributed by atoms with Gasteiger partial charge >= 0.3 is 0 Å². The van der Waals surface area contributed by atoms with E-state index < -0.39 is 5.82 Å². The Balaban J connectivity index is 1.80. The SMILES string of the molecule is O=C(CSc1nc2ccccc2c(=O)n1CCCO)Nc1cccc(F)c1. The van der Waals surface area contributed by atoms with Gasteiger partial charge in [0.05, 0.1) is 16.7 Å². The molecule has 3 rings (SSSR count). The number of fused-ring (bicyclic) bond motifs is 1. The van der Waals surface area contributed by atoms with E-state index in [9.17, 15) is 14.0 Å². The first-order valence-electron chi connectivity index (χ1n) is 8.37. The molecule has 0 aliphatic heterocycles. The zero-order valence-electron chi connectivity index (χ0n) is 14.4. The number of aromatic nitrogens is 2. The lowest BCUT2D eigenvalue weighted by Crippen LogP contribution is -2.24. The van der Waals surface area contributed by atoms with Crippen molar-refractivity contribution in [2.75, 3.05) is 17.7 Å². The summed E-state index contributed by atoms with van der Waals surface area (Å²) in [6.45, 7) is 0.254. The Hall–Kier alpha value is -2.71. The molecule has 0 saturated heterocycles. The number of hydrogen-bond donors (Lipinski definition) is 2. The molecule has 0 bridgehead atoms. The molecule has 0 radical (unpaired) electrons. The van der Waals surface area contributed by atoms with Crippen LogP contribution in [0.2, 0.25) is 0 Å². The van der Waals surface area contributed by atoms with Gasteiger partial charge in [-0.2, -0.15) is 0 Å². The first kappa shape index (κ1) is 19.1. The second-order valence-corrected chi connectivity index (χ2v) is 6.74. The maximum atomic E-state index is 13.2. The molecule has 1 heterocycles. The topological polar surface area (TPSA) is 84.2 Å². The van der Waals surface area contributed by atoms with Crippen LogP contribution in [0.5, 0.6) is 0 Å². The summed E-state index contributed by atoms with van der Waals surface area (Å²) in [5.74, 6) is -0.753. The van der Waals surface area contributed by atoms with Crippen molar-refractivity contribution in [3.63, 3.8) is 0 Å². The summed E-state index contributed by atoms with van der Waals surface area (Å²) in [7, 11) is 0. The van der Waals surface area contributed by atoms with Gasteiger partial charge in [0.25, 0.3) is 5.56 Å². The van der Waals surface area contributed by atoms with E-state index in [1.165, 1.54) is 22.8 Å². The zero-order chi connectivity index (χ0) is 19.2. The Bertz CT molecular complexity index is 1020. The van der Waals surface area contributed by atoms with Crippen molar-refractivity contribution in [2.24, 2.45) is 0 Å². The monoisotopic (exact) mass is 387 g/mol. The fourth-order valence-electron chi connectivity index (χ4n) is 2.58. The van der Waals surface area contributed by atoms with Crippen molar-refractivity contribution >= 4 is 34.3 Å². The van der Waals surface area contributed by atoms with Crippen molar-refractivity contribution in [1.29, 1.82) is 0 Å². The van der Waals surface area contributed by atoms with E-state index in [1.54, 1.807) is 30.3 Å². The molecule has 27 heavy (non-hydrogen) atoms. The van der Waals surface area contributed by atoms with Crippen LogP contribution < -0.4 is 10.9 Å². The van der Waals surface area contributed by atoms with Crippen LogP contribution in [0, 0.1) is 5.82 Å². The van der Waals surface area contributed by atoms with E-state index in [2.05, 4.69) is 10.3 Å². The molecule has 0 spiro atoms. The summed E-state index contributed by atoms with van der Waals surface area (Å²) < 4.78 is 14.7. The van der Waals surface area contributed by atoms with Crippen LogP contribution in [0.15, 0.2) is 58.5 Å².